The van der Waals surface area contributed by atoms with Crippen LogP contribution in [0, 0.1) is 0 Å². The van der Waals surface area contributed by atoms with Gasteiger partial charge in [0.15, 0.2) is 11.6 Å². The van der Waals surface area contributed by atoms with Crippen molar-refractivity contribution in [2.24, 2.45) is 0 Å². The Balaban J connectivity index is 2.27. The molecule has 1 aromatic heterocycles. The lowest BCUT2D eigenvalue weighted by atomic mass is 9.77. The Morgan fingerprint density at radius 2 is 1.78 bits per heavy atom. The Bertz CT molecular complexity index is 594. The second kappa shape index (κ2) is 3.63. The van der Waals surface area contributed by atoms with E-state index in [2.05, 4.69) is 9.97 Å². The van der Waals surface area contributed by atoms with E-state index in [1.165, 1.54) is 6.33 Å². The summed E-state index contributed by atoms with van der Waals surface area (Å²) in [5.41, 5.74) is 0.495. The maximum atomic E-state index is 12.6. The van der Waals surface area contributed by atoms with Crippen LogP contribution in [-0.2, 0) is 5.41 Å². The molecule has 4 heteroatoms. The molecule has 1 aliphatic rings. The first-order valence-corrected chi connectivity index (χ1v) is 5.89. The summed E-state index contributed by atoms with van der Waals surface area (Å²) in [6, 6.07) is 6.98. The van der Waals surface area contributed by atoms with Crippen LogP contribution in [0.15, 0.2) is 36.8 Å². The van der Waals surface area contributed by atoms with Crippen molar-refractivity contribution in [1.29, 1.82) is 0 Å². The number of rotatable bonds is 2. The predicted molar refractivity (Wildman–Crippen MR) is 65.7 cm³/mol. The molecule has 0 saturated heterocycles. The molecule has 0 bridgehead atoms. The van der Waals surface area contributed by atoms with Crippen molar-refractivity contribution >= 4 is 11.6 Å². The van der Waals surface area contributed by atoms with E-state index in [-0.39, 0.29) is 11.6 Å². The van der Waals surface area contributed by atoms with E-state index in [1.807, 2.05) is 6.92 Å². The molecule has 0 amide bonds. The fourth-order valence-electron chi connectivity index (χ4n) is 2.69. The molecule has 0 fully saturated rings. The fourth-order valence-corrected chi connectivity index (χ4v) is 2.69. The van der Waals surface area contributed by atoms with Crippen molar-refractivity contribution in [3.63, 3.8) is 0 Å². The van der Waals surface area contributed by atoms with Gasteiger partial charge in [-0.05, 0) is 6.42 Å². The zero-order chi connectivity index (χ0) is 12.8. The molecule has 1 heterocycles. The smallest absolute Gasteiger partial charge is 0.183 e. The van der Waals surface area contributed by atoms with Gasteiger partial charge in [0.25, 0.3) is 0 Å². The lowest BCUT2D eigenvalue weighted by Gasteiger charge is -2.22. The second-order valence-electron chi connectivity index (χ2n) is 4.43. The number of hydrogen-bond donors (Lipinski definition) is 1. The van der Waals surface area contributed by atoms with Crippen molar-refractivity contribution in [2.75, 3.05) is 0 Å². The summed E-state index contributed by atoms with van der Waals surface area (Å²) >= 11 is 0. The predicted octanol–water partition coefficient (Wildman–Crippen LogP) is 2.14. The van der Waals surface area contributed by atoms with E-state index in [1.54, 1.807) is 30.5 Å². The highest BCUT2D eigenvalue weighted by Crippen LogP contribution is 2.41. The largest absolute Gasteiger partial charge is 0.347 e. The van der Waals surface area contributed by atoms with Crippen molar-refractivity contribution in [1.82, 2.24) is 9.97 Å². The molecule has 0 radical (unpaired) electrons. The summed E-state index contributed by atoms with van der Waals surface area (Å²) in [4.78, 5) is 32.0. The minimum Gasteiger partial charge on any atom is -0.347 e. The Hall–Kier alpha value is -2.23. The van der Waals surface area contributed by atoms with Gasteiger partial charge in [-0.25, -0.2) is 4.98 Å². The molecule has 18 heavy (non-hydrogen) atoms. The minimum absolute atomic E-state index is 0.130. The maximum absolute atomic E-state index is 12.6. The van der Waals surface area contributed by atoms with Gasteiger partial charge in [-0.3, -0.25) is 9.59 Å². The number of imidazole rings is 1. The molecule has 0 unspecified atom stereocenters. The van der Waals surface area contributed by atoms with E-state index in [0.717, 1.165) is 0 Å². The van der Waals surface area contributed by atoms with Gasteiger partial charge in [0.2, 0.25) is 0 Å². The minimum atomic E-state index is -1.11. The van der Waals surface area contributed by atoms with Crippen LogP contribution in [0.5, 0.6) is 0 Å². The molecule has 4 nitrogen and oxygen atoms in total. The highest BCUT2D eigenvalue weighted by atomic mass is 16.2. The number of benzene rings is 1. The number of nitrogens with one attached hydrogen (secondary N) is 1. The third-order valence-electron chi connectivity index (χ3n) is 3.68. The van der Waals surface area contributed by atoms with E-state index >= 15 is 0 Å². The van der Waals surface area contributed by atoms with E-state index < -0.39 is 5.41 Å². The molecule has 3 rings (SSSR count). The maximum Gasteiger partial charge on any atom is 0.183 e. The first kappa shape index (κ1) is 10.9. The number of hydrogen-bond acceptors (Lipinski definition) is 3. The quantitative estimate of drug-likeness (QED) is 0.818. The summed E-state index contributed by atoms with van der Waals surface area (Å²) < 4.78 is 0. The summed E-state index contributed by atoms with van der Waals surface area (Å²) in [6.45, 7) is 1.85. The fraction of sp³-hybridized carbons (Fsp3) is 0.214. The van der Waals surface area contributed by atoms with Crippen molar-refractivity contribution in [3.8, 4) is 0 Å². The number of carbonyl (C=O) groups excluding carboxylic acids is 2. The molecule has 1 aromatic carbocycles. The third-order valence-corrected chi connectivity index (χ3v) is 3.68. The average molecular weight is 240 g/mol. The average Bonchev–Trinajstić information content (AvgIpc) is 2.99. The number of fused-ring (bicyclic) bond motifs is 1. The van der Waals surface area contributed by atoms with Crippen LogP contribution in [0.25, 0.3) is 0 Å². The number of H-pyrrole nitrogens is 1. The molecule has 1 aliphatic carbocycles. The van der Waals surface area contributed by atoms with Crippen LogP contribution in [-0.4, -0.2) is 21.5 Å². The van der Waals surface area contributed by atoms with Gasteiger partial charge in [0.1, 0.15) is 5.41 Å². The van der Waals surface area contributed by atoms with Gasteiger partial charge in [0.05, 0.1) is 12.0 Å². The Morgan fingerprint density at radius 1 is 1.17 bits per heavy atom. The van der Waals surface area contributed by atoms with Crippen molar-refractivity contribution in [3.05, 3.63) is 53.6 Å². The summed E-state index contributed by atoms with van der Waals surface area (Å²) in [6.07, 6.45) is 3.49. The van der Waals surface area contributed by atoms with Crippen molar-refractivity contribution < 1.29 is 9.59 Å². The van der Waals surface area contributed by atoms with Crippen LogP contribution in [0.2, 0.25) is 0 Å². The molecule has 0 saturated carbocycles. The molecule has 0 atom stereocenters. The van der Waals surface area contributed by atoms with Gasteiger partial charge >= 0.3 is 0 Å². The first-order chi connectivity index (χ1) is 8.71. The SMILES string of the molecule is CCC1(c2cnc[nH]2)C(=O)c2ccccc2C1=O. The zero-order valence-electron chi connectivity index (χ0n) is 9.93. The molecule has 2 aromatic rings. The number of ketones is 2. The lowest BCUT2D eigenvalue weighted by molar-refractivity contribution is 0.0785. The molecular weight excluding hydrogens is 228 g/mol. The van der Waals surface area contributed by atoms with Crippen LogP contribution in [0.4, 0.5) is 0 Å². The Morgan fingerprint density at radius 3 is 2.22 bits per heavy atom. The normalized spacial score (nSPS) is 16.9. The van der Waals surface area contributed by atoms with Gasteiger partial charge in [-0.2, -0.15) is 0 Å². The van der Waals surface area contributed by atoms with E-state index in [4.69, 9.17) is 0 Å². The summed E-state index contributed by atoms with van der Waals surface area (Å²) in [5.74, 6) is -0.260. The van der Waals surface area contributed by atoms with Gasteiger partial charge < -0.3 is 4.98 Å². The number of aromatic nitrogens is 2. The second-order valence-corrected chi connectivity index (χ2v) is 4.43. The molecule has 0 aliphatic heterocycles. The number of nitrogens with zero attached hydrogens (tertiary/aromatic N) is 1. The van der Waals surface area contributed by atoms with Crippen LogP contribution >= 0.6 is 0 Å². The highest BCUT2D eigenvalue weighted by molar-refractivity contribution is 6.32. The number of aromatic amines is 1. The molecule has 90 valence electrons. The standard InChI is InChI=1S/C14H12N2O2/c1-2-14(11-7-15-8-16-11)12(17)9-5-3-4-6-10(9)13(14)18/h3-8H,2H2,1H3,(H,15,16). The van der Waals surface area contributed by atoms with Crippen LogP contribution in [0.3, 0.4) is 0 Å². The van der Waals surface area contributed by atoms with Gasteiger partial charge in [-0.1, -0.05) is 31.2 Å². The molecule has 0 spiro atoms. The van der Waals surface area contributed by atoms with Crippen LogP contribution in [0.1, 0.15) is 39.8 Å². The zero-order valence-corrected chi connectivity index (χ0v) is 9.93. The van der Waals surface area contributed by atoms with E-state index in [0.29, 0.717) is 23.2 Å². The van der Waals surface area contributed by atoms with Gasteiger partial charge in [-0.15, -0.1) is 0 Å². The van der Waals surface area contributed by atoms with Gasteiger partial charge in [0, 0.05) is 17.3 Å². The summed E-state index contributed by atoms with van der Waals surface area (Å²) in [5, 5.41) is 0. The summed E-state index contributed by atoms with van der Waals surface area (Å²) in [7, 11) is 0. The topological polar surface area (TPSA) is 62.8 Å². The monoisotopic (exact) mass is 240 g/mol. The third kappa shape index (κ3) is 1.12. The molecule has 1 N–H and O–H groups in total. The highest BCUT2D eigenvalue weighted by Gasteiger charge is 2.53. The van der Waals surface area contributed by atoms with Crippen LogP contribution < -0.4 is 0 Å². The van der Waals surface area contributed by atoms with Crippen molar-refractivity contribution in [2.45, 2.75) is 18.8 Å². The molecular formula is C14H12N2O2. The van der Waals surface area contributed by atoms with E-state index in [9.17, 15) is 9.59 Å². The Kier molecular flexibility index (Phi) is 2.20. The lowest BCUT2D eigenvalue weighted by Crippen LogP contribution is -2.38. The number of carbonyl (C=O) groups is 2. The first-order valence-electron chi connectivity index (χ1n) is 5.89. The Labute approximate surface area is 104 Å². The number of Topliss-reactive ketones (excluding diaryl/α,β-unsaturated/α-hetero) is 2.